The summed E-state index contributed by atoms with van der Waals surface area (Å²) in [7, 11) is -3.55. The molecule has 0 bridgehead atoms. The number of hydrogen-bond donors (Lipinski definition) is 1. The molecule has 1 atom stereocenters. The number of nitrogens with zero attached hydrogens (tertiary/aromatic N) is 2. The largest absolute Gasteiger partial charge is 0.240 e. The molecule has 1 heterocycles. The lowest BCUT2D eigenvalue weighted by Gasteiger charge is -2.23. The average molecular weight is 402 g/mol. The molecule has 0 radical (unpaired) electrons. The standard InChI is InChI=1S/C20H20ClN3O2S/c1-13-10-18-19(11-13)22-12-23-20(18)14-2-6-16(7-3-14)24-27(25,26)17-8-4-15(21)5-9-17/h2,4-5,8-10,12,16,24H,3,6-7,11H2,1H3. The number of sulfonamides is 1. The van der Waals surface area contributed by atoms with E-state index in [0.29, 0.717) is 11.4 Å². The zero-order valence-electron chi connectivity index (χ0n) is 14.9. The second-order valence-corrected chi connectivity index (χ2v) is 9.18. The summed E-state index contributed by atoms with van der Waals surface area (Å²) < 4.78 is 27.9. The van der Waals surface area contributed by atoms with Gasteiger partial charge < -0.3 is 0 Å². The lowest BCUT2D eigenvalue weighted by Crippen LogP contribution is -2.35. The van der Waals surface area contributed by atoms with Crippen LogP contribution >= 0.6 is 11.6 Å². The summed E-state index contributed by atoms with van der Waals surface area (Å²) in [5, 5.41) is 0.515. The number of fused-ring (bicyclic) bond motifs is 1. The van der Waals surface area contributed by atoms with Crippen molar-refractivity contribution in [2.45, 2.75) is 43.5 Å². The van der Waals surface area contributed by atoms with E-state index in [9.17, 15) is 8.42 Å². The highest BCUT2D eigenvalue weighted by Gasteiger charge is 2.25. The molecular formula is C20H20ClN3O2S. The Morgan fingerprint density at radius 1 is 1.19 bits per heavy atom. The molecule has 1 unspecified atom stereocenters. The average Bonchev–Trinajstić information content (AvgIpc) is 3.02. The number of rotatable bonds is 4. The maximum atomic E-state index is 12.5. The summed E-state index contributed by atoms with van der Waals surface area (Å²) in [4.78, 5) is 9.10. The highest BCUT2D eigenvalue weighted by atomic mass is 35.5. The number of benzene rings is 1. The fourth-order valence-corrected chi connectivity index (χ4v) is 5.01. The smallest absolute Gasteiger partial charge is 0.240 e. The van der Waals surface area contributed by atoms with Crippen LogP contribution in [0.4, 0.5) is 0 Å². The van der Waals surface area contributed by atoms with E-state index in [1.54, 1.807) is 18.5 Å². The van der Waals surface area contributed by atoms with E-state index in [-0.39, 0.29) is 10.9 Å². The monoisotopic (exact) mass is 401 g/mol. The molecule has 0 saturated heterocycles. The maximum absolute atomic E-state index is 12.5. The molecule has 0 fully saturated rings. The topological polar surface area (TPSA) is 72.0 Å². The van der Waals surface area contributed by atoms with E-state index in [0.717, 1.165) is 36.2 Å². The van der Waals surface area contributed by atoms with Crippen LogP contribution in [-0.4, -0.2) is 24.4 Å². The highest BCUT2D eigenvalue weighted by Crippen LogP contribution is 2.33. The second-order valence-electron chi connectivity index (χ2n) is 7.03. The van der Waals surface area contributed by atoms with Gasteiger partial charge in [-0.05, 0) is 56.0 Å². The number of halogens is 1. The Morgan fingerprint density at radius 3 is 2.67 bits per heavy atom. The van der Waals surface area contributed by atoms with Crippen LogP contribution < -0.4 is 4.72 Å². The van der Waals surface area contributed by atoms with E-state index in [2.05, 4.69) is 33.8 Å². The summed E-state index contributed by atoms with van der Waals surface area (Å²) in [6.07, 6.45) is 8.91. The van der Waals surface area contributed by atoms with Gasteiger partial charge in [0.05, 0.1) is 16.3 Å². The first-order valence-corrected chi connectivity index (χ1v) is 10.8. The van der Waals surface area contributed by atoms with Crippen molar-refractivity contribution in [1.29, 1.82) is 0 Å². The van der Waals surface area contributed by atoms with Crippen molar-refractivity contribution in [1.82, 2.24) is 14.7 Å². The molecule has 4 rings (SSSR count). The summed E-state index contributed by atoms with van der Waals surface area (Å²) in [5.41, 5.74) is 5.62. The molecule has 0 spiro atoms. The molecule has 0 saturated carbocycles. The van der Waals surface area contributed by atoms with Gasteiger partial charge in [-0.1, -0.05) is 29.3 Å². The van der Waals surface area contributed by atoms with Gasteiger partial charge in [-0.2, -0.15) is 0 Å². The Bertz CT molecular complexity index is 1040. The number of aromatic nitrogens is 2. The van der Waals surface area contributed by atoms with Gasteiger partial charge in [0.1, 0.15) is 6.33 Å². The number of allylic oxidation sites excluding steroid dienone is 2. The molecule has 140 valence electrons. The van der Waals surface area contributed by atoms with E-state index in [4.69, 9.17) is 11.6 Å². The van der Waals surface area contributed by atoms with Crippen molar-refractivity contribution in [3.05, 3.63) is 64.2 Å². The van der Waals surface area contributed by atoms with Crippen LogP contribution in [0, 0.1) is 0 Å². The predicted molar refractivity (Wildman–Crippen MR) is 107 cm³/mol. The van der Waals surface area contributed by atoms with E-state index >= 15 is 0 Å². The SMILES string of the molecule is CC1=Cc2c(ncnc2C2=CCC(NS(=O)(=O)c3ccc(Cl)cc3)CC2)C1. The van der Waals surface area contributed by atoms with Gasteiger partial charge in [-0.15, -0.1) is 0 Å². The minimum absolute atomic E-state index is 0.124. The maximum Gasteiger partial charge on any atom is 0.240 e. The van der Waals surface area contributed by atoms with Gasteiger partial charge in [0.25, 0.3) is 0 Å². The molecular weight excluding hydrogens is 382 g/mol. The quantitative estimate of drug-likeness (QED) is 0.840. The van der Waals surface area contributed by atoms with E-state index in [1.165, 1.54) is 23.3 Å². The number of nitrogens with one attached hydrogen (secondary N) is 1. The fraction of sp³-hybridized carbons (Fsp3) is 0.300. The van der Waals surface area contributed by atoms with Gasteiger partial charge in [-0.3, -0.25) is 0 Å². The molecule has 1 N–H and O–H groups in total. The van der Waals surface area contributed by atoms with Gasteiger partial charge in [0.15, 0.2) is 0 Å². The molecule has 27 heavy (non-hydrogen) atoms. The normalized spacial score (nSPS) is 19.4. The van der Waals surface area contributed by atoms with Gasteiger partial charge in [0.2, 0.25) is 10.0 Å². The summed E-state index contributed by atoms with van der Waals surface area (Å²) in [6, 6.07) is 6.09. The van der Waals surface area contributed by atoms with Crippen molar-refractivity contribution in [2.75, 3.05) is 0 Å². The van der Waals surface area contributed by atoms with E-state index in [1.807, 2.05) is 0 Å². The summed E-state index contributed by atoms with van der Waals surface area (Å²) in [6.45, 7) is 2.10. The minimum atomic E-state index is -3.55. The molecule has 2 aliphatic carbocycles. The molecule has 1 aromatic carbocycles. The van der Waals surface area contributed by atoms with Crippen LogP contribution in [0.2, 0.25) is 5.02 Å². The van der Waals surface area contributed by atoms with Crippen LogP contribution in [0.1, 0.15) is 43.1 Å². The minimum Gasteiger partial charge on any atom is -0.240 e. The van der Waals surface area contributed by atoms with Gasteiger partial charge in [-0.25, -0.2) is 23.1 Å². The van der Waals surface area contributed by atoms with Crippen molar-refractivity contribution in [2.24, 2.45) is 0 Å². The van der Waals surface area contributed by atoms with Gasteiger partial charge >= 0.3 is 0 Å². The van der Waals surface area contributed by atoms with Crippen LogP contribution in [0.5, 0.6) is 0 Å². The zero-order chi connectivity index (χ0) is 19.0. The Balaban J connectivity index is 1.50. The third kappa shape index (κ3) is 3.83. The lowest BCUT2D eigenvalue weighted by atomic mass is 9.92. The lowest BCUT2D eigenvalue weighted by molar-refractivity contribution is 0.525. The molecule has 1 aromatic heterocycles. The molecule has 0 aliphatic heterocycles. The third-order valence-electron chi connectivity index (χ3n) is 4.96. The number of hydrogen-bond acceptors (Lipinski definition) is 4. The van der Waals surface area contributed by atoms with Crippen LogP contribution in [0.25, 0.3) is 11.6 Å². The second kappa shape index (κ2) is 7.19. The molecule has 2 aliphatic rings. The van der Waals surface area contributed by atoms with Crippen molar-refractivity contribution in [3.8, 4) is 0 Å². The molecule has 7 heteroatoms. The van der Waals surface area contributed by atoms with Crippen molar-refractivity contribution < 1.29 is 8.42 Å². The Kier molecular flexibility index (Phi) is 4.88. The highest BCUT2D eigenvalue weighted by molar-refractivity contribution is 7.89. The van der Waals surface area contributed by atoms with Crippen LogP contribution in [0.15, 0.2) is 47.1 Å². The molecule has 5 nitrogen and oxygen atoms in total. The summed E-state index contributed by atoms with van der Waals surface area (Å²) >= 11 is 5.84. The van der Waals surface area contributed by atoms with E-state index < -0.39 is 10.0 Å². The predicted octanol–water partition coefficient (Wildman–Crippen LogP) is 4.00. The van der Waals surface area contributed by atoms with Crippen molar-refractivity contribution in [3.63, 3.8) is 0 Å². The fourth-order valence-electron chi connectivity index (χ4n) is 3.60. The summed E-state index contributed by atoms with van der Waals surface area (Å²) in [5.74, 6) is 0. The van der Waals surface area contributed by atoms with Crippen LogP contribution in [0.3, 0.4) is 0 Å². The molecule has 2 aromatic rings. The van der Waals surface area contributed by atoms with Gasteiger partial charge in [0, 0.05) is 23.0 Å². The molecule has 0 amide bonds. The Morgan fingerprint density at radius 2 is 1.96 bits per heavy atom. The first-order valence-electron chi connectivity index (χ1n) is 8.91. The van der Waals surface area contributed by atoms with Crippen LogP contribution in [-0.2, 0) is 16.4 Å². The van der Waals surface area contributed by atoms with Crippen molar-refractivity contribution >= 4 is 33.3 Å². The first-order chi connectivity index (χ1) is 12.9. The Hall–Kier alpha value is -2.02. The Labute approximate surface area is 164 Å². The zero-order valence-corrected chi connectivity index (χ0v) is 16.5. The first kappa shape index (κ1) is 18.3. The third-order valence-corrected chi connectivity index (χ3v) is 6.75.